The Hall–Kier alpha value is -2.87. The Kier molecular flexibility index (Phi) is 48.6. The monoisotopic (exact) mass is 1010 g/mol. The van der Waals surface area contributed by atoms with Crippen LogP contribution in [0.5, 0.6) is 0 Å². The van der Waals surface area contributed by atoms with Crippen molar-refractivity contribution in [3.63, 3.8) is 0 Å². The summed E-state index contributed by atoms with van der Waals surface area (Å²) in [5.74, 6) is 4.92. The normalized spacial score (nSPS) is 12.0. The van der Waals surface area contributed by atoms with Crippen molar-refractivity contribution in [2.75, 3.05) is 0 Å². The fourth-order valence-corrected chi connectivity index (χ4v) is 9.77. The van der Waals surface area contributed by atoms with Gasteiger partial charge in [0.05, 0.1) is 0 Å². The molecular weight excluding hydrogens is 903 g/mol. The summed E-state index contributed by atoms with van der Waals surface area (Å²) in [4.78, 5) is 0. The van der Waals surface area contributed by atoms with Crippen LogP contribution in [0.3, 0.4) is 0 Å². The molecule has 0 fully saturated rings. The zero-order valence-electron chi connectivity index (χ0n) is 47.5. The van der Waals surface area contributed by atoms with Crippen LogP contribution < -0.4 is 0 Å². The predicted octanol–water partition coefficient (Wildman–Crippen LogP) is 22.8. The van der Waals surface area contributed by atoms with E-state index in [-0.39, 0.29) is 16.5 Å². The van der Waals surface area contributed by atoms with Gasteiger partial charge in [0.1, 0.15) is 0 Å². The number of hydrogen-bond donors (Lipinski definition) is 0. The van der Waals surface area contributed by atoms with Crippen molar-refractivity contribution >= 4 is 11.4 Å². The molecule has 3 rings (SSSR count). The van der Waals surface area contributed by atoms with Crippen molar-refractivity contribution in [3.8, 4) is 11.8 Å². The fraction of sp³-hybridized carbons (Fsp3) is 0.706. The van der Waals surface area contributed by atoms with Gasteiger partial charge in [-0.05, 0) is 112 Å². The fourth-order valence-electron chi connectivity index (χ4n) is 9.77. The van der Waals surface area contributed by atoms with Gasteiger partial charge in [-0.15, -0.1) is 0 Å². The number of nitrogens with zero attached hydrogens (tertiary/aromatic N) is 2. The topological polar surface area (TPSA) is 25.3 Å². The Labute approximate surface area is 453 Å². The van der Waals surface area contributed by atoms with E-state index in [0.29, 0.717) is 0 Å². The molecule has 2 aromatic rings. The first-order chi connectivity index (χ1) is 34.5. The van der Waals surface area contributed by atoms with E-state index in [4.69, 9.17) is 12.8 Å². The molecule has 0 N–H and O–H groups in total. The van der Waals surface area contributed by atoms with Crippen LogP contribution in [0.1, 0.15) is 321 Å². The van der Waals surface area contributed by atoms with Crippen LogP contribution in [-0.2, 0) is 29.3 Å². The molecule has 2 nitrogen and oxygen atoms in total. The van der Waals surface area contributed by atoms with Gasteiger partial charge in [0.15, 0.2) is 0 Å². The Morgan fingerprint density at radius 1 is 0.352 bits per heavy atom. The molecule has 0 saturated heterocycles. The first-order valence-corrected chi connectivity index (χ1v) is 30.4. The summed E-state index contributed by atoms with van der Waals surface area (Å²) in [6.45, 7) is 13.5. The van der Waals surface area contributed by atoms with E-state index < -0.39 is 0 Å². The van der Waals surface area contributed by atoms with Gasteiger partial charge in [0.2, 0.25) is 11.4 Å². The van der Waals surface area contributed by atoms with E-state index >= 15 is 0 Å². The number of allylic oxidation sites excluding steroid dienone is 2. The van der Waals surface area contributed by atoms with E-state index in [2.05, 4.69) is 102 Å². The van der Waals surface area contributed by atoms with Gasteiger partial charge in [-0.2, -0.15) is 0 Å². The Bertz CT molecular complexity index is 1640. The molecule has 0 aliphatic carbocycles. The van der Waals surface area contributed by atoms with Crippen LogP contribution >= 0.6 is 0 Å². The van der Waals surface area contributed by atoms with Crippen molar-refractivity contribution in [1.82, 2.24) is 0 Å². The minimum absolute atomic E-state index is 0. The molecule has 3 heteroatoms. The number of unbranched alkanes of at least 4 members (excludes halogenated alkanes) is 32. The molecule has 0 atom stereocenters. The van der Waals surface area contributed by atoms with E-state index in [0.717, 1.165) is 86.7 Å². The van der Waals surface area contributed by atoms with E-state index in [1.807, 2.05) is 0 Å². The van der Waals surface area contributed by atoms with Crippen LogP contribution in [0.25, 0.3) is 16.9 Å². The van der Waals surface area contributed by atoms with Gasteiger partial charge in [-0.3, -0.25) is 0 Å². The zero-order valence-corrected chi connectivity index (χ0v) is 48.5. The van der Waals surface area contributed by atoms with Crippen molar-refractivity contribution in [1.29, 1.82) is 0 Å². The standard InChI is InChI=1S/C32H44N2.2C18H33.Ni/c1-5-9-14-25-20-22-27(23-21-25)31-29(18-11-7-3)30(19-12-8-4)32(34(31)33)28-17-13-16-26(24-28)15-10-6-2;2*1-3-5-7-9-11-13-15-17-18-16-14-12-10-8-6-4-2;/h13,16-17,20-24H,5-12,14-15,18-19H2,1-4H3;2*3,5-18H2,1H3;/q;2*-1;+2. The van der Waals surface area contributed by atoms with Crippen molar-refractivity contribution in [3.05, 3.63) is 100 Å². The smallest absolute Gasteiger partial charge is 0.694 e. The Morgan fingerprint density at radius 3 is 1.01 bits per heavy atom. The summed E-state index contributed by atoms with van der Waals surface area (Å²) < 4.78 is 1.52. The molecule has 0 unspecified atom stereocenters. The zero-order chi connectivity index (χ0) is 51.0. The summed E-state index contributed by atoms with van der Waals surface area (Å²) in [6.07, 6.45) is 68.2. The van der Waals surface area contributed by atoms with Gasteiger partial charge in [0, 0.05) is 22.3 Å². The molecule has 0 radical (unpaired) electrons. The summed E-state index contributed by atoms with van der Waals surface area (Å²) in [5.41, 5.74) is 21.4. The molecule has 1 aliphatic heterocycles. The predicted molar refractivity (Wildman–Crippen MR) is 311 cm³/mol. The van der Waals surface area contributed by atoms with E-state index in [1.165, 1.54) is 232 Å². The average molecular weight is 1010 g/mol. The third kappa shape index (κ3) is 34.3. The molecule has 2 aromatic carbocycles. The second kappa shape index (κ2) is 50.7. The van der Waals surface area contributed by atoms with Crippen molar-refractivity contribution in [2.24, 2.45) is 0 Å². The molecular formula is C68H110N2Ni. The molecule has 1 heterocycles. The largest absolute Gasteiger partial charge is 2.00 e. The maximum atomic E-state index is 11.7. The van der Waals surface area contributed by atoms with Crippen LogP contribution in [0.15, 0.2) is 59.7 Å². The van der Waals surface area contributed by atoms with Crippen molar-refractivity contribution in [2.45, 2.75) is 311 Å². The molecule has 0 saturated carbocycles. The van der Waals surface area contributed by atoms with Crippen molar-refractivity contribution < 1.29 is 21.2 Å². The first-order valence-electron chi connectivity index (χ1n) is 30.4. The van der Waals surface area contributed by atoms with Gasteiger partial charge >= 0.3 is 16.5 Å². The summed E-state index contributed by atoms with van der Waals surface area (Å²) >= 11 is 0. The molecule has 0 aromatic heterocycles. The molecule has 402 valence electrons. The van der Waals surface area contributed by atoms with Crippen LogP contribution in [0.4, 0.5) is 0 Å². The number of aryl methyl sites for hydroxylation is 2. The van der Waals surface area contributed by atoms with E-state index in [9.17, 15) is 5.53 Å². The minimum Gasteiger partial charge on any atom is -0.694 e. The summed E-state index contributed by atoms with van der Waals surface area (Å²) in [6, 6.07) is 17.8. The van der Waals surface area contributed by atoms with Gasteiger partial charge in [0.25, 0.3) is 0 Å². The molecule has 71 heavy (non-hydrogen) atoms. The molecule has 0 spiro atoms. The third-order valence-corrected chi connectivity index (χ3v) is 14.3. The van der Waals surface area contributed by atoms with Crippen LogP contribution in [0, 0.1) is 24.7 Å². The summed E-state index contributed by atoms with van der Waals surface area (Å²) in [7, 11) is 0. The number of rotatable bonds is 42. The maximum absolute atomic E-state index is 11.7. The van der Waals surface area contributed by atoms with Gasteiger partial charge in [-0.25, -0.2) is 4.70 Å². The second-order valence-corrected chi connectivity index (χ2v) is 20.8. The SMILES string of the molecule is CCCCC1=C(c2ccc(CCCC)cc2)[N+](=[N-])C(c2cccc(CCCC)c2)=C1CCCC.[C-]#CCCCCCCCCCCCCCCCC.[C-]#CCCCCCCCCCCCCCCCC.[Ni+2]. The maximum Gasteiger partial charge on any atom is 2.00 e. The first kappa shape index (κ1) is 68.1. The summed E-state index contributed by atoms with van der Waals surface area (Å²) in [5, 5.41) is 0. The minimum atomic E-state index is 0. The van der Waals surface area contributed by atoms with Crippen LogP contribution in [0.2, 0.25) is 0 Å². The third-order valence-electron chi connectivity index (χ3n) is 14.3. The van der Waals surface area contributed by atoms with E-state index in [1.54, 1.807) is 0 Å². The van der Waals surface area contributed by atoms with Gasteiger partial charge in [-0.1, -0.05) is 258 Å². The molecule has 0 bridgehead atoms. The molecule has 0 amide bonds. The average Bonchev–Trinajstić information content (AvgIpc) is 3.66. The molecule has 1 aliphatic rings. The number of benzene rings is 2. The quantitative estimate of drug-likeness (QED) is 0.0208. The number of hydrogen-bond acceptors (Lipinski definition) is 0. The second-order valence-electron chi connectivity index (χ2n) is 20.8. The van der Waals surface area contributed by atoms with Gasteiger partial charge < -0.3 is 30.2 Å². The van der Waals surface area contributed by atoms with Crippen LogP contribution in [-0.4, -0.2) is 4.70 Å². The Morgan fingerprint density at radius 2 is 0.662 bits per heavy atom. The Balaban J connectivity index is 0.00000113.